The molecule has 104 valence electrons. The maximum absolute atomic E-state index is 10.4. The maximum Gasteiger partial charge on any atom is 0.142 e. The topological polar surface area (TPSA) is 41.5 Å². The van der Waals surface area contributed by atoms with Crippen molar-refractivity contribution in [1.29, 1.82) is 0 Å². The van der Waals surface area contributed by atoms with Crippen molar-refractivity contribution in [3.8, 4) is 5.75 Å². The first-order valence-electron chi connectivity index (χ1n) is 6.55. The van der Waals surface area contributed by atoms with Gasteiger partial charge in [-0.3, -0.25) is 0 Å². The monoisotopic (exact) mass is 289 g/mol. The van der Waals surface area contributed by atoms with E-state index in [1.54, 1.807) is 7.11 Å². The number of aliphatic hydroxyl groups is 1. The van der Waals surface area contributed by atoms with Crippen LogP contribution in [0.15, 0.2) is 42.5 Å². The Kier molecular flexibility index (Phi) is 3.55. The van der Waals surface area contributed by atoms with Crippen LogP contribution in [0, 0.1) is 0 Å². The fraction of sp³-hybridized carbons (Fsp3) is 0.250. The Labute approximate surface area is 123 Å². The fourth-order valence-corrected chi connectivity index (χ4v) is 3.07. The van der Waals surface area contributed by atoms with Crippen LogP contribution in [-0.2, 0) is 0 Å². The lowest BCUT2D eigenvalue weighted by molar-refractivity contribution is 0.165. The van der Waals surface area contributed by atoms with Gasteiger partial charge >= 0.3 is 0 Å². The molecule has 1 aliphatic rings. The predicted molar refractivity (Wildman–Crippen MR) is 80.8 cm³/mol. The average molecular weight is 290 g/mol. The molecule has 1 heterocycles. The molecule has 20 heavy (non-hydrogen) atoms. The second-order valence-electron chi connectivity index (χ2n) is 4.87. The summed E-state index contributed by atoms with van der Waals surface area (Å²) >= 11 is 6.37. The third-order valence-corrected chi connectivity index (χ3v) is 4.05. The zero-order valence-electron chi connectivity index (χ0n) is 11.1. The van der Waals surface area contributed by atoms with Crippen molar-refractivity contribution in [2.24, 2.45) is 0 Å². The summed E-state index contributed by atoms with van der Waals surface area (Å²) in [4.78, 5) is 0. The number of methoxy groups -OCH3 is 1. The number of anilines is 1. The van der Waals surface area contributed by atoms with Gasteiger partial charge in [-0.15, -0.1) is 0 Å². The summed E-state index contributed by atoms with van der Waals surface area (Å²) in [6, 6.07) is 13.6. The lowest BCUT2D eigenvalue weighted by Gasteiger charge is -2.33. The van der Waals surface area contributed by atoms with Gasteiger partial charge in [-0.1, -0.05) is 41.9 Å². The number of halogens is 1. The van der Waals surface area contributed by atoms with Crippen molar-refractivity contribution < 1.29 is 9.84 Å². The minimum absolute atomic E-state index is 0.143. The smallest absolute Gasteiger partial charge is 0.142 e. The SMILES string of the molecule is COc1ccc(Cl)c2c1NC[C@H](O)[C@H]2c1ccccc1. The number of hydrogen-bond donors (Lipinski definition) is 2. The Morgan fingerprint density at radius 1 is 1.20 bits per heavy atom. The number of β-amino-alcohol motifs (C(OH)–C–C–N with tert-alkyl or cyclic N) is 1. The van der Waals surface area contributed by atoms with Gasteiger partial charge in [-0.25, -0.2) is 0 Å². The minimum Gasteiger partial charge on any atom is -0.495 e. The molecule has 1 aliphatic heterocycles. The molecule has 0 amide bonds. The molecule has 0 radical (unpaired) electrons. The minimum atomic E-state index is -0.519. The highest BCUT2D eigenvalue weighted by atomic mass is 35.5. The van der Waals surface area contributed by atoms with Gasteiger partial charge in [0.2, 0.25) is 0 Å². The van der Waals surface area contributed by atoms with Crippen LogP contribution < -0.4 is 10.1 Å². The number of benzene rings is 2. The van der Waals surface area contributed by atoms with Crippen LogP contribution >= 0.6 is 11.6 Å². The summed E-state index contributed by atoms with van der Waals surface area (Å²) in [5.74, 6) is 0.604. The summed E-state index contributed by atoms with van der Waals surface area (Å²) in [7, 11) is 1.63. The fourth-order valence-electron chi connectivity index (χ4n) is 2.80. The van der Waals surface area contributed by atoms with Gasteiger partial charge in [0.05, 0.1) is 18.9 Å². The Hall–Kier alpha value is -1.71. The van der Waals surface area contributed by atoms with Crippen LogP contribution in [0.5, 0.6) is 5.75 Å². The van der Waals surface area contributed by atoms with Crippen LogP contribution in [0.2, 0.25) is 5.02 Å². The summed E-state index contributed by atoms with van der Waals surface area (Å²) in [5.41, 5.74) is 2.83. The lowest BCUT2D eigenvalue weighted by Crippen LogP contribution is -2.33. The van der Waals surface area contributed by atoms with Crippen LogP contribution in [0.3, 0.4) is 0 Å². The average Bonchev–Trinajstić information content (AvgIpc) is 2.49. The molecule has 2 N–H and O–H groups in total. The Morgan fingerprint density at radius 2 is 1.95 bits per heavy atom. The van der Waals surface area contributed by atoms with E-state index in [1.807, 2.05) is 42.5 Å². The Morgan fingerprint density at radius 3 is 2.65 bits per heavy atom. The summed E-state index contributed by atoms with van der Waals surface area (Å²) in [5, 5.41) is 14.2. The molecule has 2 aromatic rings. The third-order valence-electron chi connectivity index (χ3n) is 3.72. The highest BCUT2D eigenvalue weighted by molar-refractivity contribution is 6.32. The van der Waals surface area contributed by atoms with E-state index in [0.717, 1.165) is 22.6 Å². The van der Waals surface area contributed by atoms with E-state index in [1.165, 1.54) is 0 Å². The van der Waals surface area contributed by atoms with Crippen molar-refractivity contribution >= 4 is 17.3 Å². The first-order valence-corrected chi connectivity index (χ1v) is 6.93. The second kappa shape index (κ2) is 5.35. The maximum atomic E-state index is 10.4. The molecule has 0 fully saturated rings. The largest absolute Gasteiger partial charge is 0.495 e. The van der Waals surface area contributed by atoms with Crippen molar-refractivity contribution in [2.45, 2.75) is 12.0 Å². The number of nitrogens with one attached hydrogen (secondary N) is 1. The first-order chi connectivity index (χ1) is 9.72. The molecule has 3 rings (SSSR count). The van der Waals surface area contributed by atoms with Crippen molar-refractivity contribution in [3.63, 3.8) is 0 Å². The zero-order chi connectivity index (χ0) is 14.1. The Bertz CT molecular complexity index is 615. The normalized spacial score (nSPS) is 20.9. The van der Waals surface area contributed by atoms with Crippen LogP contribution in [0.1, 0.15) is 17.0 Å². The molecule has 0 aromatic heterocycles. The van der Waals surface area contributed by atoms with E-state index in [9.17, 15) is 5.11 Å². The molecule has 4 heteroatoms. The molecule has 0 saturated heterocycles. The van der Waals surface area contributed by atoms with Crippen molar-refractivity contribution in [1.82, 2.24) is 0 Å². The van der Waals surface area contributed by atoms with Gasteiger partial charge in [0.15, 0.2) is 0 Å². The second-order valence-corrected chi connectivity index (χ2v) is 5.28. The first kappa shape index (κ1) is 13.3. The van der Waals surface area contributed by atoms with Gasteiger partial charge in [-0.2, -0.15) is 0 Å². The molecule has 0 saturated carbocycles. The van der Waals surface area contributed by atoms with E-state index in [2.05, 4.69) is 5.32 Å². The van der Waals surface area contributed by atoms with E-state index in [0.29, 0.717) is 11.6 Å². The van der Waals surface area contributed by atoms with E-state index < -0.39 is 6.10 Å². The molecular formula is C16H16ClNO2. The summed E-state index contributed by atoms with van der Waals surface area (Å²) in [6.45, 7) is 0.475. The zero-order valence-corrected chi connectivity index (χ0v) is 11.9. The molecule has 3 nitrogen and oxygen atoms in total. The van der Waals surface area contributed by atoms with Gasteiger partial charge in [-0.05, 0) is 17.7 Å². The van der Waals surface area contributed by atoms with E-state index >= 15 is 0 Å². The highest BCUT2D eigenvalue weighted by Gasteiger charge is 2.33. The van der Waals surface area contributed by atoms with Crippen molar-refractivity contribution in [2.75, 3.05) is 19.0 Å². The number of rotatable bonds is 2. The molecule has 0 spiro atoms. The van der Waals surface area contributed by atoms with Gasteiger partial charge in [0, 0.05) is 23.0 Å². The molecule has 0 bridgehead atoms. The van der Waals surface area contributed by atoms with Crippen LogP contribution in [0.25, 0.3) is 0 Å². The van der Waals surface area contributed by atoms with Crippen LogP contribution in [0.4, 0.5) is 5.69 Å². The number of hydrogen-bond acceptors (Lipinski definition) is 3. The van der Waals surface area contributed by atoms with Crippen LogP contribution in [-0.4, -0.2) is 24.9 Å². The molecule has 0 unspecified atom stereocenters. The quantitative estimate of drug-likeness (QED) is 0.891. The summed E-state index contributed by atoms with van der Waals surface area (Å²) in [6.07, 6.45) is -0.519. The number of ether oxygens (including phenoxy) is 1. The van der Waals surface area contributed by atoms with Gasteiger partial charge in [0.1, 0.15) is 5.75 Å². The van der Waals surface area contributed by atoms with Gasteiger partial charge < -0.3 is 15.2 Å². The lowest BCUT2D eigenvalue weighted by atomic mass is 9.83. The van der Waals surface area contributed by atoms with E-state index in [4.69, 9.17) is 16.3 Å². The molecule has 2 aromatic carbocycles. The highest BCUT2D eigenvalue weighted by Crippen LogP contribution is 2.45. The standard InChI is InChI=1S/C16H16ClNO2/c1-20-13-8-7-11(17)15-14(10-5-3-2-4-6-10)12(19)9-18-16(13)15/h2-8,12,14,18-19H,9H2,1H3/t12-,14+/m0/s1. The third kappa shape index (κ3) is 2.13. The number of fused-ring (bicyclic) bond motifs is 1. The van der Waals surface area contributed by atoms with E-state index in [-0.39, 0.29) is 5.92 Å². The summed E-state index contributed by atoms with van der Waals surface area (Å²) < 4.78 is 5.38. The van der Waals surface area contributed by atoms with Gasteiger partial charge in [0.25, 0.3) is 0 Å². The molecular weight excluding hydrogens is 274 g/mol. The molecule has 0 aliphatic carbocycles. The predicted octanol–water partition coefficient (Wildman–Crippen LogP) is 3.27. The van der Waals surface area contributed by atoms with Crippen molar-refractivity contribution in [3.05, 3.63) is 58.6 Å². The molecule has 2 atom stereocenters. The number of aliphatic hydroxyl groups excluding tert-OH is 1. The Balaban J connectivity index is 2.19.